The predicted octanol–water partition coefficient (Wildman–Crippen LogP) is 2.56. The molecule has 0 aliphatic heterocycles. The van der Waals surface area contributed by atoms with E-state index in [1.165, 1.54) is 0 Å². The lowest BCUT2D eigenvalue weighted by Gasteiger charge is -2.26. The van der Waals surface area contributed by atoms with Crippen molar-refractivity contribution < 1.29 is 5.11 Å². The lowest BCUT2D eigenvalue weighted by atomic mass is 9.93. The van der Waals surface area contributed by atoms with E-state index in [9.17, 15) is 5.11 Å². The van der Waals surface area contributed by atoms with Crippen molar-refractivity contribution in [2.24, 2.45) is 0 Å². The second kappa shape index (κ2) is 4.94. The van der Waals surface area contributed by atoms with E-state index >= 15 is 0 Å². The highest BCUT2D eigenvalue weighted by Crippen LogP contribution is 2.22. The number of nitrogens with zero attached hydrogens (tertiary/aromatic N) is 1. The topological polar surface area (TPSA) is 45.1 Å². The van der Waals surface area contributed by atoms with E-state index in [-0.39, 0.29) is 6.10 Å². The summed E-state index contributed by atoms with van der Waals surface area (Å²) in [7, 11) is 0. The first-order chi connectivity index (χ1) is 7.24. The van der Waals surface area contributed by atoms with Gasteiger partial charge in [-0.25, -0.2) is 4.98 Å². The third-order valence-corrected chi connectivity index (χ3v) is 3.26. The summed E-state index contributed by atoms with van der Waals surface area (Å²) in [6.45, 7) is 0. The number of aliphatic hydroxyl groups is 1. The number of pyridine rings is 1. The minimum atomic E-state index is -0.0916. The molecule has 1 aliphatic carbocycles. The molecule has 1 heterocycles. The molecule has 0 spiro atoms. The van der Waals surface area contributed by atoms with Crippen LogP contribution in [-0.2, 0) is 0 Å². The van der Waals surface area contributed by atoms with Gasteiger partial charge < -0.3 is 10.4 Å². The van der Waals surface area contributed by atoms with Crippen molar-refractivity contribution in [3.05, 3.63) is 22.9 Å². The van der Waals surface area contributed by atoms with Gasteiger partial charge in [0, 0.05) is 6.04 Å². The quantitative estimate of drug-likeness (QED) is 0.812. The Labute approximate surface area is 98.0 Å². The average molecular weight is 271 g/mol. The molecule has 2 N–H and O–H groups in total. The van der Waals surface area contributed by atoms with Gasteiger partial charge in [0.05, 0.1) is 18.0 Å². The maximum atomic E-state index is 9.38. The summed E-state index contributed by atoms with van der Waals surface area (Å²) in [5, 5.41) is 12.8. The van der Waals surface area contributed by atoms with Gasteiger partial charge in [0.25, 0.3) is 0 Å². The highest BCUT2D eigenvalue weighted by molar-refractivity contribution is 9.10. The number of rotatable bonds is 2. The van der Waals surface area contributed by atoms with Gasteiger partial charge in [-0.05, 0) is 53.7 Å². The standard InChI is InChI=1S/C11H15BrN2O/c12-11-6-3-9(7-13-11)14-8-1-4-10(15)5-2-8/h3,6-8,10,14-15H,1-2,4-5H2. The zero-order chi connectivity index (χ0) is 10.7. The van der Waals surface area contributed by atoms with Gasteiger partial charge in [0.1, 0.15) is 4.60 Å². The van der Waals surface area contributed by atoms with Crippen LogP contribution in [0.2, 0.25) is 0 Å². The van der Waals surface area contributed by atoms with Crippen LogP contribution in [0.15, 0.2) is 22.9 Å². The fraction of sp³-hybridized carbons (Fsp3) is 0.545. The van der Waals surface area contributed by atoms with E-state index in [4.69, 9.17) is 0 Å². The molecule has 0 bridgehead atoms. The molecule has 1 aromatic rings. The number of aliphatic hydroxyl groups excluding tert-OH is 1. The highest BCUT2D eigenvalue weighted by atomic mass is 79.9. The van der Waals surface area contributed by atoms with Gasteiger partial charge in [0.2, 0.25) is 0 Å². The van der Waals surface area contributed by atoms with Crippen LogP contribution in [0.4, 0.5) is 5.69 Å². The van der Waals surface area contributed by atoms with Crippen molar-refractivity contribution in [3.8, 4) is 0 Å². The molecule has 1 aromatic heterocycles. The fourth-order valence-electron chi connectivity index (χ4n) is 1.92. The molecule has 0 aromatic carbocycles. The number of hydrogen-bond acceptors (Lipinski definition) is 3. The van der Waals surface area contributed by atoms with Crippen LogP contribution in [-0.4, -0.2) is 22.2 Å². The van der Waals surface area contributed by atoms with E-state index in [0.29, 0.717) is 6.04 Å². The largest absolute Gasteiger partial charge is 0.393 e. The third-order valence-electron chi connectivity index (χ3n) is 2.79. The monoisotopic (exact) mass is 270 g/mol. The van der Waals surface area contributed by atoms with Crippen molar-refractivity contribution in [2.75, 3.05) is 5.32 Å². The van der Waals surface area contributed by atoms with Gasteiger partial charge in [-0.15, -0.1) is 0 Å². The van der Waals surface area contributed by atoms with Crippen LogP contribution in [0.25, 0.3) is 0 Å². The normalized spacial score (nSPS) is 26.3. The number of aromatic nitrogens is 1. The summed E-state index contributed by atoms with van der Waals surface area (Å²) < 4.78 is 0.854. The number of halogens is 1. The molecule has 0 unspecified atom stereocenters. The first-order valence-corrected chi connectivity index (χ1v) is 6.09. The summed E-state index contributed by atoms with van der Waals surface area (Å²) in [6.07, 6.45) is 5.62. The molecule has 1 fully saturated rings. The lowest BCUT2D eigenvalue weighted by Crippen LogP contribution is -2.28. The van der Waals surface area contributed by atoms with Crippen LogP contribution >= 0.6 is 15.9 Å². The van der Waals surface area contributed by atoms with Gasteiger partial charge in [-0.2, -0.15) is 0 Å². The SMILES string of the molecule is OC1CCC(Nc2ccc(Br)nc2)CC1. The van der Waals surface area contributed by atoms with E-state index in [1.807, 2.05) is 18.3 Å². The molecule has 1 aliphatic rings. The van der Waals surface area contributed by atoms with Crippen molar-refractivity contribution in [3.63, 3.8) is 0 Å². The molecule has 0 atom stereocenters. The van der Waals surface area contributed by atoms with E-state index < -0.39 is 0 Å². The van der Waals surface area contributed by atoms with Crippen molar-refractivity contribution in [2.45, 2.75) is 37.8 Å². The summed E-state index contributed by atoms with van der Waals surface area (Å²) >= 11 is 3.31. The summed E-state index contributed by atoms with van der Waals surface area (Å²) in [5.74, 6) is 0. The maximum absolute atomic E-state index is 9.38. The zero-order valence-corrected chi connectivity index (χ0v) is 10.1. The predicted molar refractivity (Wildman–Crippen MR) is 63.8 cm³/mol. The Morgan fingerprint density at radius 3 is 2.60 bits per heavy atom. The van der Waals surface area contributed by atoms with E-state index in [1.54, 1.807) is 0 Å². The Balaban J connectivity index is 1.89. The summed E-state index contributed by atoms with van der Waals surface area (Å²) in [6, 6.07) is 4.43. The second-order valence-electron chi connectivity index (χ2n) is 4.02. The molecule has 2 rings (SSSR count). The smallest absolute Gasteiger partial charge is 0.106 e. The first-order valence-electron chi connectivity index (χ1n) is 5.30. The zero-order valence-electron chi connectivity index (χ0n) is 8.49. The molecule has 0 amide bonds. The Morgan fingerprint density at radius 2 is 2.00 bits per heavy atom. The minimum absolute atomic E-state index is 0.0916. The van der Waals surface area contributed by atoms with Gasteiger partial charge in [0.15, 0.2) is 0 Å². The first kappa shape index (κ1) is 10.9. The highest BCUT2D eigenvalue weighted by Gasteiger charge is 2.18. The lowest BCUT2D eigenvalue weighted by molar-refractivity contribution is 0.126. The fourth-order valence-corrected chi connectivity index (χ4v) is 2.15. The van der Waals surface area contributed by atoms with E-state index in [2.05, 4.69) is 26.2 Å². The van der Waals surface area contributed by atoms with Crippen LogP contribution in [0.3, 0.4) is 0 Å². The molecule has 0 saturated heterocycles. The molecular weight excluding hydrogens is 256 g/mol. The van der Waals surface area contributed by atoms with Crippen molar-refractivity contribution >= 4 is 21.6 Å². The van der Waals surface area contributed by atoms with Gasteiger partial charge >= 0.3 is 0 Å². The van der Waals surface area contributed by atoms with Crippen LogP contribution < -0.4 is 5.32 Å². The van der Waals surface area contributed by atoms with Crippen LogP contribution in [0.1, 0.15) is 25.7 Å². The molecular formula is C11H15BrN2O. The Kier molecular flexibility index (Phi) is 3.59. The second-order valence-corrected chi connectivity index (χ2v) is 4.83. The number of hydrogen-bond donors (Lipinski definition) is 2. The van der Waals surface area contributed by atoms with Crippen molar-refractivity contribution in [1.82, 2.24) is 4.98 Å². The maximum Gasteiger partial charge on any atom is 0.106 e. The van der Waals surface area contributed by atoms with Gasteiger partial charge in [-0.1, -0.05) is 0 Å². The number of anilines is 1. The Bertz CT molecular complexity index is 307. The molecule has 4 heteroatoms. The van der Waals surface area contributed by atoms with Crippen molar-refractivity contribution in [1.29, 1.82) is 0 Å². The molecule has 0 radical (unpaired) electrons. The number of nitrogens with one attached hydrogen (secondary N) is 1. The summed E-state index contributed by atoms with van der Waals surface area (Å²) in [4.78, 5) is 4.16. The average Bonchev–Trinajstić information content (AvgIpc) is 2.25. The molecule has 82 valence electrons. The van der Waals surface area contributed by atoms with E-state index in [0.717, 1.165) is 36.0 Å². The molecule has 15 heavy (non-hydrogen) atoms. The molecule has 1 saturated carbocycles. The Morgan fingerprint density at radius 1 is 1.27 bits per heavy atom. The van der Waals surface area contributed by atoms with Gasteiger partial charge in [-0.3, -0.25) is 0 Å². The van der Waals surface area contributed by atoms with Crippen LogP contribution in [0, 0.1) is 0 Å². The minimum Gasteiger partial charge on any atom is -0.393 e. The Hall–Kier alpha value is -0.610. The third kappa shape index (κ3) is 3.18. The van der Waals surface area contributed by atoms with Crippen LogP contribution in [0.5, 0.6) is 0 Å². The molecule has 3 nitrogen and oxygen atoms in total. The summed E-state index contributed by atoms with van der Waals surface area (Å²) in [5.41, 5.74) is 1.06.